The molecule has 0 aliphatic rings. The van der Waals surface area contributed by atoms with E-state index in [9.17, 15) is 9.90 Å². The van der Waals surface area contributed by atoms with E-state index in [2.05, 4.69) is 77.7 Å². The minimum atomic E-state index is -0.195. The highest BCUT2D eigenvalue weighted by Crippen LogP contribution is 2.30. The molecule has 4 nitrogen and oxygen atoms in total. The summed E-state index contributed by atoms with van der Waals surface area (Å²) in [4.78, 5) is 17.1. The topological polar surface area (TPSA) is 55.1 Å². The normalized spacial score (nSPS) is 12.4. The van der Waals surface area contributed by atoms with Gasteiger partial charge in [-0.25, -0.2) is 0 Å². The molecular formula is C24H36N2O2. The number of rotatable bonds is 7. The summed E-state index contributed by atoms with van der Waals surface area (Å²) in [7, 11) is 0. The van der Waals surface area contributed by atoms with Crippen molar-refractivity contribution in [2.24, 2.45) is 11.8 Å². The summed E-state index contributed by atoms with van der Waals surface area (Å²) in [6.45, 7) is 15.8. The molecule has 0 atom stereocenters. The van der Waals surface area contributed by atoms with Crippen LogP contribution in [0.2, 0.25) is 0 Å². The molecule has 1 heterocycles. The molecule has 4 heteroatoms. The molecule has 0 aliphatic carbocycles. The molecule has 0 unspecified atom stereocenters. The van der Waals surface area contributed by atoms with Gasteiger partial charge in [-0.3, -0.25) is 9.36 Å². The van der Waals surface area contributed by atoms with Crippen molar-refractivity contribution in [2.45, 2.75) is 79.2 Å². The first kappa shape index (κ1) is 22.2. The summed E-state index contributed by atoms with van der Waals surface area (Å²) in [5.41, 5.74) is 2.24. The molecule has 2 rings (SSSR count). The molecule has 1 N–H and O–H groups in total. The molecule has 0 saturated heterocycles. The van der Waals surface area contributed by atoms with Crippen LogP contribution in [-0.4, -0.2) is 14.7 Å². The first-order valence-corrected chi connectivity index (χ1v) is 10.4. The van der Waals surface area contributed by atoms with E-state index in [0.29, 0.717) is 24.2 Å². The Balaban J connectivity index is 2.44. The number of nitrogens with zero attached hydrogens (tertiary/aromatic N) is 2. The van der Waals surface area contributed by atoms with E-state index in [4.69, 9.17) is 0 Å². The van der Waals surface area contributed by atoms with Gasteiger partial charge in [-0.15, -0.1) is 0 Å². The summed E-state index contributed by atoms with van der Waals surface area (Å²) in [6, 6.07) is 9.66. The lowest BCUT2D eigenvalue weighted by atomic mass is 9.86. The Kier molecular flexibility index (Phi) is 7.08. The molecule has 0 radical (unpaired) electrons. The number of aromatic nitrogens is 2. The van der Waals surface area contributed by atoms with Gasteiger partial charge >= 0.3 is 0 Å². The van der Waals surface area contributed by atoms with E-state index in [-0.39, 0.29) is 22.8 Å². The molecule has 0 amide bonds. The van der Waals surface area contributed by atoms with E-state index in [1.165, 1.54) is 11.6 Å². The summed E-state index contributed by atoms with van der Waals surface area (Å²) < 4.78 is 1.74. The SMILES string of the molecule is CC(C)CC(CC(C)C)c1nc(O)cc(=O)n1Cc1ccc(C(C)(C)C)cc1. The van der Waals surface area contributed by atoms with E-state index in [1.807, 2.05) is 0 Å². The molecule has 1 aromatic carbocycles. The minimum Gasteiger partial charge on any atom is -0.493 e. The Hall–Kier alpha value is -2.10. The average Bonchev–Trinajstić information content (AvgIpc) is 2.55. The lowest BCUT2D eigenvalue weighted by Crippen LogP contribution is -2.27. The van der Waals surface area contributed by atoms with Crippen LogP contribution in [0.5, 0.6) is 5.88 Å². The van der Waals surface area contributed by atoms with Gasteiger partial charge in [0, 0.05) is 5.92 Å². The van der Waals surface area contributed by atoms with E-state index in [0.717, 1.165) is 18.4 Å². The molecular weight excluding hydrogens is 348 g/mol. The second kappa shape index (κ2) is 8.93. The second-order valence-electron chi connectivity index (χ2n) is 9.80. The fourth-order valence-corrected chi connectivity index (χ4v) is 3.72. The van der Waals surface area contributed by atoms with Crippen molar-refractivity contribution in [3.05, 3.63) is 57.6 Å². The van der Waals surface area contributed by atoms with Crippen LogP contribution in [0.1, 0.15) is 84.2 Å². The maximum absolute atomic E-state index is 12.7. The van der Waals surface area contributed by atoms with Gasteiger partial charge in [-0.2, -0.15) is 4.98 Å². The molecule has 0 saturated carbocycles. The fourth-order valence-electron chi connectivity index (χ4n) is 3.72. The van der Waals surface area contributed by atoms with Gasteiger partial charge in [0.2, 0.25) is 5.88 Å². The van der Waals surface area contributed by atoms with Crippen molar-refractivity contribution >= 4 is 0 Å². The van der Waals surface area contributed by atoms with Crippen LogP contribution < -0.4 is 5.56 Å². The van der Waals surface area contributed by atoms with Crippen molar-refractivity contribution in [3.63, 3.8) is 0 Å². The molecule has 0 fully saturated rings. The Bertz CT molecular complexity index is 817. The van der Waals surface area contributed by atoms with Crippen molar-refractivity contribution in [1.82, 2.24) is 9.55 Å². The van der Waals surface area contributed by atoms with Gasteiger partial charge in [-0.1, -0.05) is 72.7 Å². The van der Waals surface area contributed by atoms with E-state index < -0.39 is 0 Å². The van der Waals surface area contributed by atoms with Gasteiger partial charge in [-0.05, 0) is 41.2 Å². The highest BCUT2D eigenvalue weighted by Gasteiger charge is 2.22. The van der Waals surface area contributed by atoms with Crippen LogP contribution in [0.3, 0.4) is 0 Å². The first-order valence-electron chi connectivity index (χ1n) is 10.4. The number of aromatic hydroxyl groups is 1. The van der Waals surface area contributed by atoms with Gasteiger partial charge in [0.25, 0.3) is 5.56 Å². The third kappa shape index (κ3) is 5.95. The molecule has 2 aromatic rings. The van der Waals surface area contributed by atoms with Crippen LogP contribution in [0.25, 0.3) is 0 Å². The van der Waals surface area contributed by atoms with Gasteiger partial charge in [0.05, 0.1) is 12.6 Å². The van der Waals surface area contributed by atoms with Crippen LogP contribution in [0.4, 0.5) is 0 Å². The van der Waals surface area contributed by atoms with Gasteiger partial charge < -0.3 is 5.11 Å². The van der Waals surface area contributed by atoms with Crippen molar-refractivity contribution in [3.8, 4) is 5.88 Å². The van der Waals surface area contributed by atoms with E-state index in [1.54, 1.807) is 4.57 Å². The molecule has 154 valence electrons. The van der Waals surface area contributed by atoms with Crippen LogP contribution in [0.15, 0.2) is 35.1 Å². The van der Waals surface area contributed by atoms with Gasteiger partial charge in [0.1, 0.15) is 5.82 Å². The molecule has 0 aliphatic heterocycles. The van der Waals surface area contributed by atoms with Gasteiger partial charge in [0.15, 0.2) is 0 Å². The zero-order valence-corrected chi connectivity index (χ0v) is 18.5. The summed E-state index contributed by atoms with van der Waals surface area (Å²) in [5.74, 6) is 1.64. The lowest BCUT2D eigenvalue weighted by molar-refractivity contribution is 0.381. The van der Waals surface area contributed by atoms with E-state index >= 15 is 0 Å². The number of hydrogen-bond donors (Lipinski definition) is 1. The average molecular weight is 385 g/mol. The van der Waals surface area contributed by atoms with Crippen molar-refractivity contribution < 1.29 is 5.11 Å². The van der Waals surface area contributed by atoms with Crippen molar-refractivity contribution in [2.75, 3.05) is 0 Å². The largest absolute Gasteiger partial charge is 0.493 e. The molecule has 0 bridgehead atoms. The molecule has 28 heavy (non-hydrogen) atoms. The highest BCUT2D eigenvalue weighted by atomic mass is 16.3. The minimum absolute atomic E-state index is 0.0975. The lowest BCUT2D eigenvalue weighted by Gasteiger charge is -2.24. The Morgan fingerprint density at radius 1 is 1.00 bits per heavy atom. The highest BCUT2D eigenvalue weighted by molar-refractivity contribution is 5.28. The smallest absolute Gasteiger partial charge is 0.257 e. The zero-order chi connectivity index (χ0) is 21.1. The third-order valence-electron chi connectivity index (χ3n) is 5.06. The van der Waals surface area contributed by atoms with Crippen LogP contribution >= 0.6 is 0 Å². The Morgan fingerprint density at radius 3 is 2.00 bits per heavy atom. The fraction of sp³-hybridized carbons (Fsp3) is 0.583. The predicted octanol–water partition coefficient (Wildman–Crippen LogP) is 5.47. The maximum Gasteiger partial charge on any atom is 0.257 e. The van der Waals surface area contributed by atoms with Crippen LogP contribution in [-0.2, 0) is 12.0 Å². The summed E-state index contributed by atoms with van der Waals surface area (Å²) in [6.07, 6.45) is 1.88. The summed E-state index contributed by atoms with van der Waals surface area (Å²) >= 11 is 0. The Morgan fingerprint density at radius 2 is 1.54 bits per heavy atom. The number of hydrogen-bond acceptors (Lipinski definition) is 3. The zero-order valence-electron chi connectivity index (χ0n) is 18.5. The monoisotopic (exact) mass is 384 g/mol. The third-order valence-corrected chi connectivity index (χ3v) is 5.06. The predicted molar refractivity (Wildman–Crippen MR) is 116 cm³/mol. The standard InChI is InChI=1S/C24H36N2O2/c1-16(2)12-19(13-17(3)4)23-25-21(27)14-22(28)26(23)15-18-8-10-20(11-9-18)24(5,6)7/h8-11,14,16-17,19,27H,12-13,15H2,1-7H3. The molecule has 1 aromatic heterocycles. The maximum atomic E-state index is 12.7. The quantitative estimate of drug-likeness (QED) is 0.688. The molecule has 0 spiro atoms. The Labute approximate surface area is 169 Å². The first-order chi connectivity index (χ1) is 13.0. The second-order valence-corrected chi connectivity index (χ2v) is 9.80. The van der Waals surface area contributed by atoms with Crippen molar-refractivity contribution in [1.29, 1.82) is 0 Å². The van der Waals surface area contributed by atoms with Crippen LogP contribution in [0, 0.1) is 11.8 Å². The number of benzene rings is 1. The summed E-state index contributed by atoms with van der Waals surface area (Å²) in [5, 5.41) is 10.0.